The zero-order valence-electron chi connectivity index (χ0n) is 15.6. The van der Waals surface area contributed by atoms with E-state index in [0.29, 0.717) is 5.13 Å². The summed E-state index contributed by atoms with van der Waals surface area (Å²) in [6.07, 6.45) is 0.909. The first kappa shape index (κ1) is 18.8. The molecular weight excluding hydrogens is 390 g/mol. The van der Waals surface area contributed by atoms with Crippen molar-refractivity contribution in [1.82, 2.24) is 4.98 Å². The zero-order chi connectivity index (χ0) is 20.4. The quantitative estimate of drug-likeness (QED) is 0.323. The largest absolute Gasteiger partial charge is 0.433 e. The van der Waals surface area contributed by atoms with Gasteiger partial charge in [-0.2, -0.15) is 0 Å². The number of furan rings is 1. The van der Waals surface area contributed by atoms with Crippen molar-refractivity contribution >= 4 is 38.5 Å². The third kappa shape index (κ3) is 3.88. The molecule has 29 heavy (non-hydrogen) atoms. The van der Waals surface area contributed by atoms with Crippen LogP contribution in [-0.2, 0) is 13.0 Å². The third-order valence-corrected chi connectivity index (χ3v) is 5.53. The van der Waals surface area contributed by atoms with Crippen LogP contribution in [0, 0.1) is 10.1 Å². The lowest BCUT2D eigenvalue weighted by atomic mass is 10.2. The van der Waals surface area contributed by atoms with Crippen LogP contribution in [0.15, 0.2) is 65.1 Å². The van der Waals surface area contributed by atoms with Gasteiger partial charge in [-0.25, -0.2) is 4.98 Å². The molecule has 7 nitrogen and oxygen atoms in total. The second-order valence-corrected chi connectivity index (χ2v) is 7.43. The molecule has 146 valence electrons. The average Bonchev–Trinajstić information content (AvgIpc) is 3.39. The van der Waals surface area contributed by atoms with Gasteiger partial charge in [-0.15, -0.1) is 0 Å². The highest BCUT2D eigenvalue weighted by molar-refractivity contribution is 7.22. The molecule has 2 aromatic carbocycles. The summed E-state index contributed by atoms with van der Waals surface area (Å²) >= 11 is 1.41. The molecule has 8 heteroatoms. The van der Waals surface area contributed by atoms with E-state index in [-0.39, 0.29) is 12.3 Å². The van der Waals surface area contributed by atoms with Crippen LogP contribution in [0.2, 0.25) is 0 Å². The molecule has 0 fully saturated rings. The minimum absolute atomic E-state index is 0.0962. The van der Waals surface area contributed by atoms with Crippen molar-refractivity contribution in [2.24, 2.45) is 0 Å². The number of nitro groups is 1. The predicted molar refractivity (Wildman–Crippen MR) is 111 cm³/mol. The van der Waals surface area contributed by atoms with Gasteiger partial charge in [0.15, 0.2) is 10.9 Å². The van der Waals surface area contributed by atoms with Gasteiger partial charge in [0.05, 0.1) is 22.8 Å². The molecule has 0 N–H and O–H groups in total. The molecule has 0 aliphatic carbocycles. The monoisotopic (exact) mass is 407 g/mol. The molecule has 2 heterocycles. The van der Waals surface area contributed by atoms with Gasteiger partial charge in [-0.3, -0.25) is 19.8 Å². The Balaban J connectivity index is 1.75. The number of aryl methyl sites for hydroxylation is 1. The molecule has 2 aromatic heterocycles. The van der Waals surface area contributed by atoms with Gasteiger partial charge in [0, 0.05) is 0 Å². The minimum Gasteiger partial charge on any atom is -0.395 e. The Labute approximate surface area is 170 Å². The molecule has 0 spiro atoms. The first-order valence-electron chi connectivity index (χ1n) is 9.04. The summed E-state index contributed by atoms with van der Waals surface area (Å²) in [5.41, 5.74) is 2.91. The van der Waals surface area contributed by atoms with Crippen LogP contribution in [-0.4, -0.2) is 15.8 Å². The number of rotatable bonds is 6. The number of anilines is 1. The number of thiazole rings is 1. The number of hydrogen-bond donors (Lipinski definition) is 0. The summed E-state index contributed by atoms with van der Waals surface area (Å²) in [6, 6.07) is 18.0. The Bertz CT molecular complexity index is 1180. The van der Waals surface area contributed by atoms with Gasteiger partial charge in [-0.05, 0) is 35.7 Å². The number of carbonyl (C=O) groups excluding carboxylic acids is 1. The number of nitrogens with zero attached hydrogens (tertiary/aromatic N) is 3. The second-order valence-electron chi connectivity index (χ2n) is 6.42. The zero-order valence-corrected chi connectivity index (χ0v) is 16.4. The van der Waals surface area contributed by atoms with E-state index in [4.69, 9.17) is 4.42 Å². The number of carbonyl (C=O) groups is 1. The molecule has 4 rings (SSSR count). The van der Waals surface area contributed by atoms with Crippen molar-refractivity contribution in [3.05, 3.63) is 87.7 Å². The van der Waals surface area contributed by atoms with Gasteiger partial charge >= 0.3 is 5.88 Å². The van der Waals surface area contributed by atoms with Gasteiger partial charge in [0.1, 0.15) is 4.92 Å². The van der Waals surface area contributed by atoms with Gasteiger partial charge < -0.3 is 4.42 Å². The fourth-order valence-corrected chi connectivity index (χ4v) is 3.99. The highest BCUT2D eigenvalue weighted by Crippen LogP contribution is 2.32. The van der Waals surface area contributed by atoms with E-state index < -0.39 is 16.7 Å². The molecule has 4 aromatic rings. The molecule has 0 unspecified atom stereocenters. The van der Waals surface area contributed by atoms with Gasteiger partial charge in [0.2, 0.25) is 0 Å². The number of hydrogen-bond acceptors (Lipinski definition) is 6. The Morgan fingerprint density at radius 3 is 2.62 bits per heavy atom. The van der Waals surface area contributed by atoms with Crippen LogP contribution in [0.3, 0.4) is 0 Å². The van der Waals surface area contributed by atoms with Crippen molar-refractivity contribution in [2.45, 2.75) is 19.9 Å². The van der Waals surface area contributed by atoms with E-state index in [0.717, 1.165) is 22.2 Å². The molecule has 1 amide bonds. The van der Waals surface area contributed by atoms with E-state index in [1.54, 1.807) is 0 Å². The lowest BCUT2D eigenvalue weighted by molar-refractivity contribution is -0.402. The van der Waals surface area contributed by atoms with Crippen LogP contribution >= 0.6 is 11.3 Å². The van der Waals surface area contributed by atoms with Crippen molar-refractivity contribution in [3.8, 4) is 0 Å². The van der Waals surface area contributed by atoms with Crippen LogP contribution in [0.1, 0.15) is 28.6 Å². The smallest absolute Gasteiger partial charge is 0.395 e. The van der Waals surface area contributed by atoms with Gasteiger partial charge in [0.25, 0.3) is 5.91 Å². The minimum atomic E-state index is -0.664. The Morgan fingerprint density at radius 1 is 1.14 bits per heavy atom. The summed E-state index contributed by atoms with van der Waals surface area (Å²) in [7, 11) is 0. The molecule has 0 aliphatic heterocycles. The summed E-state index contributed by atoms with van der Waals surface area (Å²) in [5.74, 6) is -1.04. The van der Waals surface area contributed by atoms with Crippen LogP contribution in [0.5, 0.6) is 0 Å². The molecule has 0 atom stereocenters. The molecular formula is C21H17N3O4S. The lowest BCUT2D eigenvalue weighted by Gasteiger charge is -2.18. The third-order valence-electron chi connectivity index (χ3n) is 4.49. The Kier molecular flexibility index (Phi) is 5.09. The SMILES string of the molecule is CCc1ccc2nc(N(Cc3ccccc3)C(=O)c3ccc([N+](=O)[O-])o3)sc2c1. The first-order valence-corrected chi connectivity index (χ1v) is 9.86. The standard InChI is InChI=1S/C21H17N3O4S/c1-2-14-8-9-16-18(12-14)29-21(22-16)23(13-15-6-4-3-5-7-15)20(25)17-10-11-19(28-17)24(26)27/h3-12H,2,13H2,1H3. The Hall–Kier alpha value is -3.52. The van der Waals surface area contributed by atoms with E-state index in [9.17, 15) is 14.9 Å². The molecule has 0 saturated carbocycles. The average molecular weight is 407 g/mol. The molecule has 0 saturated heterocycles. The summed E-state index contributed by atoms with van der Waals surface area (Å²) in [6.45, 7) is 2.35. The second kappa shape index (κ2) is 7.84. The predicted octanol–water partition coefficient (Wildman–Crippen LogP) is 5.21. The number of amides is 1. The topological polar surface area (TPSA) is 89.5 Å². The maximum atomic E-state index is 13.2. The summed E-state index contributed by atoms with van der Waals surface area (Å²) in [4.78, 5) is 29.5. The van der Waals surface area contributed by atoms with Crippen LogP contribution in [0.25, 0.3) is 10.2 Å². The van der Waals surface area contributed by atoms with E-state index >= 15 is 0 Å². The van der Waals surface area contributed by atoms with E-state index in [2.05, 4.69) is 18.0 Å². The highest BCUT2D eigenvalue weighted by Gasteiger charge is 2.26. The maximum Gasteiger partial charge on any atom is 0.433 e. The molecule has 0 radical (unpaired) electrons. The lowest BCUT2D eigenvalue weighted by Crippen LogP contribution is -2.30. The number of benzene rings is 2. The Morgan fingerprint density at radius 2 is 1.93 bits per heavy atom. The van der Waals surface area contributed by atoms with E-state index in [1.807, 2.05) is 42.5 Å². The fourth-order valence-electron chi connectivity index (χ4n) is 2.96. The van der Waals surface area contributed by atoms with Gasteiger partial charge in [-0.1, -0.05) is 54.7 Å². The molecule has 0 aliphatic rings. The number of fused-ring (bicyclic) bond motifs is 1. The highest BCUT2D eigenvalue weighted by atomic mass is 32.1. The number of aromatic nitrogens is 1. The maximum absolute atomic E-state index is 13.2. The van der Waals surface area contributed by atoms with Crippen molar-refractivity contribution in [2.75, 3.05) is 4.90 Å². The van der Waals surface area contributed by atoms with Crippen molar-refractivity contribution in [1.29, 1.82) is 0 Å². The van der Waals surface area contributed by atoms with Crippen LogP contribution in [0.4, 0.5) is 11.0 Å². The fraction of sp³-hybridized carbons (Fsp3) is 0.143. The first-order chi connectivity index (χ1) is 14.0. The summed E-state index contributed by atoms with van der Waals surface area (Å²) < 4.78 is 6.13. The van der Waals surface area contributed by atoms with E-state index in [1.165, 1.54) is 33.9 Å². The van der Waals surface area contributed by atoms with Crippen LogP contribution < -0.4 is 4.90 Å². The van der Waals surface area contributed by atoms with Crippen molar-refractivity contribution in [3.63, 3.8) is 0 Å². The molecule has 0 bridgehead atoms. The van der Waals surface area contributed by atoms with Crippen molar-refractivity contribution < 1.29 is 14.1 Å². The normalized spacial score (nSPS) is 10.9. The summed E-state index contributed by atoms with van der Waals surface area (Å²) in [5, 5.41) is 11.4.